The third-order valence-corrected chi connectivity index (χ3v) is 5.51. The fraction of sp³-hybridized carbons (Fsp3) is 0.455. The van der Waals surface area contributed by atoms with E-state index >= 15 is 0 Å². The Kier molecular flexibility index (Phi) is 4.57. The monoisotopic (exact) mass is 321 g/mol. The number of hydrogen-bond acceptors (Lipinski definition) is 2. The summed E-state index contributed by atoms with van der Waals surface area (Å²) in [4.78, 5) is 0. The van der Waals surface area contributed by atoms with Crippen LogP contribution in [0, 0.1) is 5.92 Å². The summed E-state index contributed by atoms with van der Waals surface area (Å²) >= 11 is 0. The summed E-state index contributed by atoms with van der Waals surface area (Å²) in [6, 6.07) is 18.1. The van der Waals surface area contributed by atoms with Gasteiger partial charge in [0.2, 0.25) is 0 Å². The average Bonchev–Trinajstić information content (AvgIpc) is 2.66. The summed E-state index contributed by atoms with van der Waals surface area (Å²) in [5, 5.41) is 3.82. The second-order valence-corrected chi connectivity index (χ2v) is 7.16. The molecule has 0 aromatic heterocycles. The summed E-state index contributed by atoms with van der Waals surface area (Å²) < 4.78 is 6.28. The molecule has 126 valence electrons. The minimum Gasteiger partial charge on any atom is -0.378 e. The van der Waals surface area contributed by atoms with Gasteiger partial charge in [-0.15, -0.1) is 0 Å². The van der Waals surface area contributed by atoms with Gasteiger partial charge in [-0.25, -0.2) is 0 Å². The van der Waals surface area contributed by atoms with Crippen molar-refractivity contribution in [1.82, 2.24) is 0 Å². The Balaban J connectivity index is 1.69. The van der Waals surface area contributed by atoms with Crippen LogP contribution in [0.5, 0.6) is 0 Å². The standard InChI is InChI=1S/C22H27NO/c1-2-3-8-16-12-13-20-19(15-16)22-18(11-7-14-24-22)21(23-20)17-9-5-4-6-10-17/h4-6,9-10,12-13,15,18,21-23H,2-3,7-8,11,14H2,1H3. The predicted octanol–water partition coefficient (Wildman–Crippen LogP) is 5.66. The molecule has 4 rings (SSSR count). The zero-order valence-electron chi connectivity index (χ0n) is 14.5. The summed E-state index contributed by atoms with van der Waals surface area (Å²) in [5.41, 5.74) is 5.45. The van der Waals surface area contributed by atoms with Crippen molar-refractivity contribution < 1.29 is 4.74 Å². The molecular formula is C22H27NO. The largest absolute Gasteiger partial charge is 0.378 e. The van der Waals surface area contributed by atoms with Crippen LogP contribution in [0.25, 0.3) is 0 Å². The highest BCUT2D eigenvalue weighted by Crippen LogP contribution is 2.49. The van der Waals surface area contributed by atoms with Gasteiger partial charge >= 0.3 is 0 Å². The van der Waals surface area contributed by atoms with E-state index in [0.29, 0.717) is 12.0 Å². The number of aryl methyl sites for hydroxylation is 1. The van der Waals surface area contributed by atoms with Crippen molar-refractivity contribution >= 4 is 5.69 Å². The molecule has 0 saturated carbocycles. The molecule has 2 aliphatic rings. The lowest BCUT2D eigenvalue weighted by atomic mass is 9.77. The van der Waals surface area contributed by atoms with Gasteiger partial charge in [0, 0.05) is 23.8 Å². The molecule has 2 aliphatic heterocycles. The molecule has 1 fully saturated rings. The van der Waals surface area contributed by atoms with Gasteiger partial charge in [-0.2, -0.15) is 0 Å². The highest BCUT2D eigenvalue weighted by molar-refractivity contribution is 5.58. The number of fused-ring (bicyclic) bond motifs is 3. The fourth-order valence-corrected chi connectivity index (χ4v) is 4.25. The van der Waals surface area contributed by atoms with E-state index in [1.165, 1.54) is 48.1 Å². The van der Waals surface area contributed by atoms with E-state index in [1.807, 2.05) is 0 Å². The highest BCUT2D eigenvalue weighted by atomic mass is 16.5. The summed E-state index contributed by atoms with van der Waals surface area (Å²) in [6.07, 6.45) is 6.31. The molecule has 2 heterocycles. The van der Waals surface area contributed by atoms with Crippen LogP contribution < -0.4 is 5.32 Å². The predicted molar refractivity (Wildman–Crippen MR) is 99.3 cm³/mol. The van der Waals surface area contributed by atoms with Gasteiger partial charge in [-0.1, -0.05) is 55.8 Å². The third kappa shape index (κ3) is 2.95. The Morgan fingerprint density at radius 2 is 2.00 bits per heavy atom. The number of unbranched alkanes of at least 4 members (excludes halogenated alkanes) is 1. The molecule has 0 bridgehead atoms. The molecule has 2 aromatic carbocycles. The zero-order valence-corrected chi connectivity index (χ0v) is 14.5. The molecule has 2 aromatic rings. The number of benzene rings is 2. The highest BCUT2D eigenvalue weighted by Gasteiger charge is 2.39. The molecule has 0 spiro atoms. The lowest BCUT2D eigenvalue weighted by Gasteiger charge is -2.43. The van der Waals surface area contributed by atoms with Crippen LogP contribution in [0.1, 0.15) is 61.4 Å². The van der Waals surface area contributed by atoms with Gasteiger partial charge in [0.25, 0.3) is 0 Å². The Morgan fingerprint density at radius 1 is 1.12 bits per heavy atom. The van der Waals surface area contributed by atoms with E-state index in [4.69, 9.17) is 4.74 Å². The molecule has 2 nitrogen and oxygen atoms in total. The Morgan fingerprint density at radius 3 is 2.83 bits per heavy atom. The lowest BCUT2D eigenvalue weighted by molar-refractivity contribution is -0.0381. The average molecular weight is 321 g/mol. The second-order valence-electron chi connectivity index (χ2n) is 7.16. The molecule has 1 N–H and O–H groups in total. The normalized spacial score (nSPS) is 25.5. The molecule has 0 aliphatic carbocycles. The van der Waals surface area contributed by atoms with Crippen LogP contribution >= 0.6 is 0 Å². The van der Waals surface area contributed by atoms with Crippen molar-refractivity contribution in [3.05, 3.63) is 65.2 Å². The van der Waals surface area contributed by atoms with Crippen molar-refractivity contribution in [2.24, 2.45) is 5.92 Å². The van der Waals surface area contributed by atoms with Crippen molar-refractivity contribution in [3.63, 3.8) is 0 Å². The number of ether oxygens (including phenoxy) is 1. The van der Waals surface area contributed by atoms with Gasteiger partial charge in [-0.3, -0.25) is 0 Å². The van der Waals surface area contributed by atoms with Gasteiger partial charge < -0.3 is 10.1 Å². The molecule has 0 amide bonds. The Bertz CT molecular complexity index is 682. The molecule has 3 atom stereocenters. The van der Waals surface area contributed by atoms with E-state index < -0.39 is 0 Å². The molecule has 1 saturated heterocycles. The smallest absolute Gasteiger partial charge is 0.0895 e. The second kappa shape index (κ2) is 6.98. The van der Waals surface area contributed by atoms with Crippen molar-refractivity contribution in [2.75, 3.05) is 11.9 Å². The van der Waals surface area contributed by atoms with Crippen LogP contribution in [0.2, 0.25) is 0 Å². The van der Waals surface area contributed by atoms with Gasteiger partial charge in [0.15, 0.2) is 0 Å². The molecule has 24 heavy (non-hydrogen) atoms. The fourth-order valence-electron chi connectivity index (χ4n) is 4.25. The van der Waals surface area contributed by atoms with Crippen LogP contribution in [0.15, 0.2) is 48.5 Å². The van der Waals surface area contributed by atoms with Crippen molar-refractivity contribution in [3.8, 4) is 0 Å². The maximum absolute atomic E-state index is 6.28. The van der Waals surface area contributed by atoms with E-state index in [-0.39, 0.29) is 6.10 Å². The van der Waals surface area contributed by atoms with E-state index in [1.54, 1.807) is 0 Å². The zero-order chi connectivity index (χ0) is 16.4. The van der Waals surface area contributed by atoms with Crippen molar-refractivity contribution in [1.29, 1.82) is 0 Å². The summed E-state index contributed by atoms with van der Waals surface area (Å²) in [5.74, 6) is 0.523. The first kappa shape index (κ1) is 15.7. The molecule has 3 unspecified atom stereocenters. The van der Waals surface area contributed by atoms with E-state index in [9.17, 15) is 0 Å². The quantitative estimate of drug-likeness (QED) is 0.784. The number of hydrogen-bond donors (Lipinski definition) is 1. The number of nitrogens with one attached hydrogen (secondary N) is 1. The lowest BCUT2D eigenvalue weighted by Crippen LogP contribution is -2.36. The Labute approximate surface area is 145 Å². The number of anilines is 1. The SMILES string of the molecule is CCCCc1ccc2c(c1)C1OCCCC1C(c1ccccc1)N2. The third-order valence-electron chi connectivity index (χ3n) is 5.51. The number of rotatable bonds is 4. The first-order chi connectivity index (χ1) is 11.9. The summed E-state index contributed by atoms with van der Waals surface area (Å²) in [7, 11) is 0. The molecule has 0 radical (unpaired) electrons. The minimum absolute atomic E-state index is 0.238. The molecule has 2 heteroatoms. The van der Waals surface area contributed by atoms with Crippen LogP contribution in [-0.4, -0.2) is 6.61 Å². The van der Waals surface area contributed by atoms with Gasteiger partial charge in [-0.05, 0) is 42.9 Å². The minimum atomic E-state index is 0.238. The van der Waals surface area contributed by atoms with E-state index in [2.05, 4.69) is 60.8 Å². The van der Waals surface area contributed by atoms with Crippen LogP contribution in [0.4, 0.5) is 5.69 Å². The van der Waals surface area contributed by atoms with Gasteiger partial charge in [0.1, 0.15) is 0 Å². The summed E-state index contributed by atoms with van der Waals surface area (Å²) in [6.45, 7) is 3.14. The van der Waals surface area contributed by atoms with Crippen molar-refractivity contribution in [2.45, 2.75) is 51.2 Å². The first-order valence-electron chi connectivity index (χ1n) is 9.42. The topological polar surface area (TPSA) is 21.3 Å². The maximum atomic E-state index is 6.28. The van der Waals surface area contributed by atoms with Gasteiger partial charge in [0.05, 0.1) is 12.1 Å². The van der Waals surface area contributed by atoms with E-state index in [0.717, 1.165) is 13.0 Å². The Hall–Kier alpha value is -1.80. The van der Waals surface area contributed by atoms with Crippen LogP contribution in [-0.2, 0) is 11.2 Å². The maximum Gasteiger partial charge on any atom is 0.0895 e. The first-order valence-corrected chi connectivity index (χ1v) is 9.42. The molecular weight excluding hydrogens is 294 g/mol. The van der Waals surface area contributed by atoms with Crippen LogP contribution in [0.3, 0.4) is 0 Å².